The van der Waals surface area contributed by atoms with Crippen molar-refractivity contribution in [3.63, 3.8) is 0 Å². The Labute approximate surface area is 119 Å². The molecular weight excluding hydrogens is 325 g/mol. The van der Waals surface area contributed by atoms with Crippen LogP contribution in [0.3, 0.4) is 0 Å². The monoisotopic (exact) mass is 349 g/mol. The van der Waals surface area contributed by atoms with Crippen LogP contribution in [-0.4, -0.2) is 71.1 Å². The molecule has 4 heteroatoms. The van der Waals surface area contributed by atoms with Gasteiger partial charge in [-0.3, -0.25) is 9.80 Å². The molecule has 17 heavy (non-hydrogen) atoms. The Morgan fingerprint density at radius 2 is 1.94 bits per heavy atom. The zero-order chi connectivity index (χ0) is 12.0. The first kappa shape index (κ1) is 12.6. The van der Waals surface area contributed by atoms with E-state index in [-0.39, 0.29) is 0 Å². The molecule has 0 bridgehead atoms. The second-order valence-corrected chi connectivity index (χ2v) is 7.22. The highest BCUT2D eigenvalue weighted by Crippen LogP contribution is 2.41. The van der Waals surface area contributed by atoms with Crippen molar-refractivity contribution in [3.05, 3.63) is 0 Å². The predicted octanol–water partition coefficient (Wildman–Crippen LogP) is 1.48. The van der Waals surface area contributed by atoms with Crippen molar-refractivity contribution < 1.29 is 0 Å². The Balaban J connectivity index is 1.48. The first-order chi connectivity index (χ1) is 8.12. The van der Waals surface area contributed by atoms with Crippen molar-refractivity contribution in [2.45, 2.75) is 31.8 Å². The Morgan fingerprint density at radius 3 is 2.47 bits per heavy atom. The highest BCUT2D eigenvalue weighted by molar-refractivity contribution is 14.1. The minimum atomic E-state index is 0.707. The van der Waals surface area contributed by atoms with Crippen LogP contribution in [0.2, 0.25) is 0 Å². The van der Waals surface area contributed by atoms with Gasteiger partial charge < -0.3 is 4.90 Å². The normalized spacial score (nSPS) is 39.0. The summed E-state index contributed by atoms with van der Waals surface area (Å²) >= 11 is 2.50. The first-order valence-electron chi connectivity index (χ1n) is 6.84. The molecule has 3 heterocycles. The zero-order valence-corrected chi connectivity index (χ0v) is 13.2. The maximum absolute atomic E-state index is 2.76. The van der Waals surface area contributed by atoms with Crippen molar-refractivity contribution in [1.29, 1.82) is 0 Å². The van der Waals surface area contributed by atoms with Crippen LogP contribution in [0, 0.1) is 5.41 Å². The fraction of sp³-hybridized carbons (Fsp3) is 1.00. The number of halogens is 1. The summed E-state index contributed by atoms with van der Waals surface area (Å²) in [6, 6.07) is 1.66. The van der Waals surface area contributed by atoms with Crippen LogP contribution in [0.1, 0.15) is 19.8 Å². The Kier molecular flexibility index (Phi) is 3.43. The van der Waals surface area contributed by atoms with Crippen LogP contribution in [0.5, 0.6) is 0 Å². The smallest absolute Gasteiger partial charge is 0.0508 e. The van der Waals surface area contributed by atoms with E-state index in [1.807, 2.05) is 0 Å². The number of hydrogen-bond acceptors (Lipinski definition) is 3. The molecule has 3 aliphatic rings. The molecule has 3 rings (SSSR count). The minimum Gasteiger partial charge on any atom is -0.305 e. The van der Waals surface area contributed by atoms with Gasteiger partial charge in [-0.15, -0.1) is 0 Å². The fourth-order valence-corrected chi connectivity index (χ4v) is 5.09. The number of likely N-dealkylation sites (tertiary alicyclic amines) is 3. The van der Waals surface area contributed by atoms with Gasteiger partial charge in [-0.2, -0.15) is 0 Å². The molecular formula is C13H24IN3. The molecule has 98 valence electrons. The van der Waals surface area contributed by atoms with Crippen LogP contribution in [0.4, 0.5) is 0 Å². The van der Waals surface area contributed by atoms with Gasteiger partial charge in [0.15, 0.2) is 0 Å². The molecule has 2 atom stereocenters. The van der Waals surface area contributed by atoms with Gasteiger partial charge in [-0.1, -0.05) is 22.6 Å². The summed E-state index contributed by atoms with van der Waals surface area (Å²) < 4.78 is 1.19. The number of rotatable bonds is 2. The largest absolute Gasteiger partial charge is 0.305 e. The number of piperidine rings is 1. The highest BCUT2D eigenvalue weighted by atomic mass is 127. The lowest BCUT2D eigenvalue weighted by Crippen LogP contribution is -2.73. The molecule has 3 fully saturated rings. The summed E-state index contributed by atoms with van der Waals surface area (Å²) in [4.78, 5) is 7.83. The molecule has 3 nitrogen and oxygen atoms in total. The molecule has 3 aliphatic heterocycles. The molecule has 0 saturated carbocycles. The third-order valence-electron chi connectivity index (χ3n) is 4.94. The van der Waals surface area contributed by atoms with Gasteiger partial charge in [-0.05, 0) is 26.8 Å². The number of hydrogen-bond donors (Lipinski definition) is 0. The maximum atomic E-state index is 2.76. The van der Waals surface area contributed by atoms with Crippen LogP contribution in [0.25, 0.3) is 0 Å². The summed E-state index contributed by atoms with van der Waals surface area (Å²) in [6.45, 7) is 9.13. The van der Waals surface area contributed by atoms with E-state index < -0.39 is 0 Å². The second kappa shape index (κ2) is 4.62. The van der Waals surface area contributed by atoms with Gasteiger partial charge >= 0.3 is 0 Å². The van der Waals surface area contributed by atoms with E-state index in [2.05, 4.69) is 51.3 Å². The molecule has 0 aromatic rings. The highest BCUT2D eigenvalue weighted by Gasteiger charge is 2.52. The number of alkyl halides is 1. The van der Waals surface area contributed by atoms with E-state index in [4.69, 9.17) is 0 Å². The Morgan fingerprint density at radius 1 is 1.24 bits per heavy atom. The Bertz CT molecular complexity index is 282. The van der Waals surface area contributed by atoms with E-state index in [1.165, 1.54) is 50.1 Å². The summed E-state index contributed by atoms with van der Waals surface area (Å²) in [5.74, 6) is 0. The Hall–Kier alpha value is 0.610. The van der Waals surface area contributed by atoms with Crippen molar-refractivity contribution in [2.75, 3.05) is 44.3 Å². The molecule has 3 saturated heterocycles. The second-order valence-electron chi connectivity index (χ2n) is 6.54. The van der Waals surface area contributed by atoms with Gasteiger partial charge in [0, 0.05) is 50.2 Å². The first-order valence-corrected chi connectivity index (χ1v) is 8.37. The molecule has 0 amide bonds. The van der Waals surface area contributed by atoms with Gasteiger partial charge in [0.25, 0.3) is 0 Å². The summed E-state index contributed by atoms with van der Waals surface area (Å²) in [5, 5.41) is 0. The third kappa shape index (κ3) is 2.26. The average molecular weight is 349 g/mol. The predicted molar refractivity (Wildman–Crippen MR) is 79.6 cm³/mol. The van der Waals surface area contributed by atoms with E-state index in [0.29, 0.717) is 5.41 Å². The SMILES string of the molecule is C[C@H]1CC(N2CC3(CN(C)C3)C2)CCN1CI. The van der Waals surface area contributed by atoms with Gasteiger partial charge in [0.2, 0.25) is 0 Å². The lowest BCUT2D eigenvalue weighted by Gasteiger charge is -2.62. The lowest BCUT2D eigenvalue weighted by molar-refractivity contribution is -0.129. The molecule has 0 N–H and O–H groups in total. The molecule has 0 aromatic carbocycles. The summed E-state index contributed by atoms with van der Waals surface area (Å²) in [6.07, 6.45) is 2.77. The van der Waals surface area contributed by atoms with Crippen molar-refractivity contribution in [1.82, 2.24) is 14.7 Å². The van der Waals surface area contributed by atoms with E-state index >= 15 is 0 Å². The molecule has 0 aliphatic carbocycles. The minimum absolute atomic E-state index is 0.707. The molecule has 1 spiro atoms. The van der Waals surface area contributed by atoms with Crippen LogP contribution in [0.15, 0.2) is 0 Å². The van der Waals surface area contributed by atoms with Crippen LogP contribution in [-0.2, 0) is 0 Å². The average Bonchev–Trinajstić information content (AvgIpc) is 2.21. The van der Waals surface area contributed by atoms with Crippen molar-refractivity contribution in [2.24, 2.45) is 5.41 Å². The zero-order valence-electron chi connectivity index (χ0n) is 11.0. The lowest BCUT2D eigenvalue weighted by atomic mass is 9.72. The molecule has 1 unspecified atom stereocenters. The summed E-state index contributed by atoms with van der Waals surface area (Å²) in [7, 11) is 2.24. The van der Waals surface area contributed by atoms with Crippen molar-refractivity contribution in [3.8, 4) is 0 Å². The quantitative estimate of drug-likeness (QED) is 0.425. The van der Waals surface area contributed by atoms with E-state index in [9.17, 15) is 0 Å². The third-order valence-corrected chi connectivity index (χ3v) is 5.82. The molecule has 0 aromatic heterocycles. The van der Waals surface area contributed by atoms with E-state index in [1.54, 1.807) is 0 Å². The standard InChI is InChI=1S/C13H24IN3/c1-11-5-12(3-4-16(11)10-14)17-8-13(9-17)6-15(2)7-13/h11-12H,3-10H2,1-2H3/t11-,12?/m0/s1. The topological polar surface area (TPSA) is 9.72 Å². The van der Waals surface area contributed by atoms with Crippen LogP contribution >= 0.6 is 22.6 Å². The van der Waals surface area contributed by atoms with Gasteiger partial charge in [0.1, 0.15) is 0 Å². The summed E-state index contributed by atoms with van der Waals surface area (Å²) in [5.41, 5.74) is 0.707. The van der Waals surface area contributed by atoms with Crippen molar-refractivity contribution >= 4 is 22.6 Å². The van der Waals surface area contributed by atoms with Gasteiger partial charge in [-0.25, -0.2) is 0 Å². The number of nitrogens with zero attached hydrogens (tertiary/aromatic N) is 3. The maximum Gasteiger partial charge on any atom is 0.0508 e. The fourth-order valence-electron chi connectivity index (χ4n) is 4.08. The van der Waals surface area contributed by atoms with E-state index in [0.717, 1.165) is 12.1 Å². The molecule has 0 radical (unpaired) electrons. The van der Waals surface area contributed by atoms with Gasteiger partial charge in [0.05, 0.1) is 4.55 Å². The van der Waals surface area contributed by atoms with Crippen LogP contribution < -0.4 is 0 Å².